The first kappa shape index (κ1) is 11.0. The molecule has 0 saturated carbocycles. The van der Waals surface area contributed by atoms with Crippen molar-refractivity contribution in [3.8, 4) is 0 Å². The fourth-order valence-electron chi connectivity index (χ4n) is 1.35. The van der Waals surface area contributed by atoms with Crippen molar-refractivity contribution in [2.75, 3.05) is 0 Å². The zero-order valence-electron chi connectivity index (χ0n) is 8.94. The Morgan fingerprint density at radius 3 is 2.27 bits per heavy atom. The van der Waals surface area contributed by atoms with Gasteiger partial charge in [0.1, 0.15) is 0 Å². The van der Waals surface area contributed by atoms with Gasteiger partial charge in [0.05, 0.1) is 0 Å². The molecule has 0 bridgehead atoms. The van der Waals surface area contributed by atoms with E-state index in [9.17, 15) is 0 Å². The van der Waals surface area contributed by atoms with E-state index in [0.717, 1.165) is 6.42 Å². The third kappa shape index (κ3) is 2.23. The molecule has 1 nitrogen and oxygen atoms in total. The van der Waals surface area contributed by atoms with Crippen molar-refractivity contribution >= 4 is 0 Å². The quantitative estimate of drug-likeness (QED) is 0.476. The molecule has 0 aromatic carbocycles. The van der Waals surface area contributed by atoms with Gasteiger partial charge < -0.3 is 7.16 Å². The van der Waals surface area contributed by atoms with Crippen LogP contribution in [0.25, 0.3) is 0 Å². The average Bonchev–Trinajstić information content (AvgIpc) is 2.14. The summed E-state index contributed by atoms with van der Waals surface area (Å²) in [7, 11) is 0. The molecule has 58 valence electrons. The SMILES string of the molecule is CC1=CCC(C(C)N)=C1C.[H-].[Li+]. The van der Waals surface area contributed by atoms with Gasteiger partial charge >= 0.3 is 18.9 Å². The van der Waals surface area contributed by atoms with E-state index < -0.39 is 0 Å². The molecular formula is C9H16LiN. The van der Waals surface area contributed by atoms with Crippen LogP contribution in [0.4, 0.5) is 0 Å². The Labute approximate surface area is 82.4 Å². The normalized spacial score (nSPS) is 19.5. The van der Waals surface area contributed by atoms with Crippen molar-refractivity contribution in [3.63, 3.8) is 0 Å². The molecule has 1 aliphatic rings. The van der Waals surface area contributed by atoms with Crippen LogP contribution in [-0.4, -0.2) is 6.04 Å². The average molecular weight is 145 g/mol. The summed E-state index contributed by atoms with van der Waals surface area (Å²) in [6, 6.07) is 0.230. The number of nitrogens with two attached hydrogens (primary N) is 1. The molecule has 1 rings (SSSR count). The number of hydrogen-bond donors (Lipinski definition) is 1. The fraction of sp³-hybridized carbons (Fsp3) is 0.556. The fourth-order valence-corrected chi connectivity index (χ4v) is 1.35. The van der Waals surface area contributed by atoms with Crippen molar-refractivity contribution in [1.82, 2.24) is 0 Å². The standard InChI is InChI=1S/C9H15N.Li.H/c1-6-4-5-9(7(6)2)8(3)10;;/h4,8H,5,10H2,1-3H3;;/q;+1;-1. The maximum absolute atomic E-state index is 5.76. The Morgan fingerprint density at radius 1 is 1.55 bits per heavy atom. The molecule has 0 heterocycles. The van der Waals surface area contributed by atoms with E-state index in [1.54, 1.807) is 0 Å². The second-order valence-electron chi connectivity index (χ2n) is 3.03. The second kappa shape index (κ2) is 4.16. The summed E-state index contributed by atoms with van der Waals surface area (Å²) < 4.78 is 0. The molecule has 11 heavy (non-hydrogen) atoms. The minimum atomic E-state index is 0. The van der Waals surface area contributed by atoms with Crippen LogP contribution < -0.4 is 24.6 Å². The maximum atomic E-state index is 5.76. The third-order valence-corrected chi connectivity index (χ3v) is 2.25. The first-order valence-electron chi connectivity index (χ1n) is 3.75. The Balaban J connectivity index is 0. The van der Waals surface area contributed by atoms with Crippen molar-refractivity contribution in [2.45, 2.75) is 33.2 Å². The minimum Gasteiger partial charge on any atom is -1.00 e. The van der Waals surface area contributed by atoms with E-state index in [-0.39, 0.29) is 26.3 Å². The molecule has 0 fully saturated rings. The minimum absolute atomic E-state index is 0. The van der Waals surface area contributed by atoms with Gasteiger partial charge in [-0.3, -0.25) is 0 Å². The zero-order valence-corrected chi connectivity index (χ0v) is 7.94. The molecule has 0 aromatic heterocycles. The molecule has 0 amide bonds. The van der Waals surface area contributed by atoms with Crippen LogP contribution in [-0.2, 0) is 0 Å². The van der Waals surface area contributed by atoms with Crippen LogP contribution in [0.1, 0.15) is 28.6 Å². The summed E-state index contributed by atoms with van der Waals surface area (Å²) >= 11 is 0. The largest absolute Gasteiger partial charge is 1.00 e. The molecule has 0 saturated heterocycles. The summed E-state index contributed by atoms with van der Waals surface area (Å²) in [4.78, 5) is 0. The van der Waals surface area contributed by atoms with E-state index >= 15 is 0 Å². The van der Waals surface area contributed by atoms with E-state index in [1.807, 2.05) is 6.92 Å². The molecule has 0 spiro atoms. The summed E-state index contributed by atoms with van der Waals surface area (Å²) in [5.41, 5.74) is 9.95. The second-order valence-corrected chi connectivity index (χ2v) is 3.03. The molecule has 1 unspecified atom stereocenters. The van der Waals surface area contributed by atoms with Crippen molar-refractivity contribution in [1.29, 1.82) is 0 Å². The summed E-state index contributed by atoms with van der Waals surface area (Å²) in [5, 5.41) is 0. The van der Waals surface area contributed by atoms with E-state index in [0.29, 0.717) is 0 Å². The van der Waals surface area contributed by atoms with Crippen molar-refractivity contribution < 1.29 is 20.3 Å². The van der Waals surface area contributed by atoms with E-state index in [2.05, 4.69) is 19.9 Å². The van der Waals surface area contributed by atoms with Gasteiger partial charge in [0.25, 0.3) is 0 Å². The van der Waals surface area contributed by atoms with Crippen LogP contribution in [0.2, 0.25) is 0 Å². The monoisotopic (exact) mass is 145 g/mol. The van der Waals surface area contributed by atoms with Gasteiger partial charge in [-0.2, -0.15) is 0 Å². The van der Waals surface area contributed by atoms with Crippen LogP contribution in [0.5, 0.6) is 0 Å². The third-order valence-electron chi connectivity index (χ3n) is 2.25. The Hall–Kier alpha value is 0.0374. The van der Waals surface area contributed by atoms with Crippen LogP contribution in [0.15, 0.2) is 22.8 Å². The van der Waals surface area contributed by atoms with Gasteiger partial charge in [-0.15, -0.1) is 0 Å². The summed E-state index contributed by atoms with van der Waals surface area (Å²) in [6.07, 6.45) is 3.31. The van der Waals surface area contributed by atoms with Gasteiger partial charge in [0, 0.05) is 6.04 Å². The van der Waals surface area contributed by atoms with E-state index in [1.165, 1.54) is 16.7 Å². The molecule has 1 aliphatic carbocycles. The van der Waals surface area contributed by atoms with Gasteiger partial charge in [0.2, 0.25) is 0 Å². The molecule has 2 N–H and O–H groups in total. The van der Waals surface area contributed by atoms with Crippen molar-refractivity contribution in [3.05, 3.63) is 22.8 Å². The Bertz CT molecular complexity index is 207. The smallest absolute Gasteiger partial charge is 1.00 e. The predicted molar refractivity (Wildman–Crippen MR) is 45.8 cm³/mol. The van der Waals surface area contributed by atoms with Crippen LogP contribution >= 0.6 is 0 Å². The first-order chi connectivity index (χ1) is 4.63. The van der Waals surface area contributed by atoms with Gasteiger partial charge in [-0.05, 0) is 38.3 Å². The molecule has 1 atom stereocenters. The van der Waals surface area contributed by atoms with Gasteiger partial charge in [0.15, 0.2) is 0 Å². The molecule has 0 aliphatic heterocycles. The first-order valence-corrected chi connectivity index (χ1v) is 3.75. The topological polar surface area (TPSA) is 26.0 Å². The number of hydrogen-bond acceptors (Lipinski definition) is 1. The van der Waals surface area contributed by atoms with Crippen LogP contribution in [0, 0.1) is 0 Å². The molecule has 2 heteroatoms. The Morgan fingerprint density at radius 2 is 2.09 bits per heavy atom. The molecule has 0 aromatic rings. The maximum Gasteiger partial charge on any atom is 1.00 e. The Kier molecular flexibility index (Phi) is 4.17. The summed E-state index contributed by atoms with van der Waals surface area (Å²) in [5.74, 6) is 0. The predicted octanol–water partition coefficient (Wildman–Crippen LogP) is -0.883. The van der Waals surface area contributed by atoms with Crippen LogP contribution in [0.3, 0.4) is 0 Å². The van der Waals surface area contributed by atoms with Crippen molar-refractivity contribution in [2.24, 2.45) is 5.73 Å². The molecule has 0 radical (unpaired) electrons. The zero-order chi connectivity index (χ0) is 7.72. The van der Waals surface area contributed by atoms with E-state index in [4.69, 9.17) is 5.73 Å². The number of rotatable bonds is 1. The molecular weight excluding hydrogens is 129 g/mol. The van der Waals surface area contributed by atoms with Gasteiger partial charge in [-0.1, -0.05) is 11.6 Å². The number of allylic oxidation sites excluding steroid dienone is 3. The summed E-state index contributed by atoms with van der Waals surface area (Å²) in [6.45, 7) is 6.34. The van der Waals surface area contributed by atoms with Gasteiger partial charge in [-0.25, -0.2) is 0 Å².